The molecule has 9 heteroatoms. The lowest BCUT2D eigenvalue weighted by molar-refractivity contribution is -0.132. The van der Waals surface area contributed by atoms with E-state index >= 15 is 0 Å². The summed E-state index contributed by atoms with van der Waals surface area (Å²) in [7, 11) is -3.16. The van der Waals surface area contributed by atoms with Crippen molar-refractivity contribution in [1.82, 2.24) is 9.21 Å². The van der Waals surface area contributed by atoms with Crippen LogP contribution in [0.5, 0.6) is 0 Å². The first-order chi connectivity index (χ1) is 8.45. The summed E-state index contributed by atoms with van der Waals surface area (Å²) < 4.78 is 23.9. The number of carbonyl (C=O) groups excluding carboxylic acids is 1. The summed E-state index contributed by atoms with van der Waals surface area (Å²) in [5, 5.41) is 3.36. The standard InChI is InChI=1S/C9H17N5O3S/c1-18(16,17)14-7-5-13(6-8-14)9(15)3-2-4-11-12-10/h2-8H2,1H3. The van der Waals surface area contributed by atoms with E-state index in [1.165, 1.54) is 10.6 Å². The lowest BCUT2D eigenvalue weighted by Crippen LogP contribution is -2.50. The lowest BCUT2D eigenvalue weighted by atomic mass is 10.2. The predicted octanol–water partition coefficient (Wildman–Crippen LogP) is 0.181. The van der Waals surface area contributed by atoms with Crippen molar-refractivity contribution in [2.24, 2.45) is 5.11 Å². The van der Waals surface area contributed by atoms with Gasteiger partial charge in [0.1, 0.15) is 0 Å². The molecule has 0 aromatic heterocycles. The Labute approximate surface area is 106 Å². The summed E-state index contributed by atoms with van der Waals surface area (Å²) in [4.78, 5) is 16.0. The molecule has 0 bridgehead atoms. The first-order valence-electron chi connectivity index (χ1n) is 5.69. The van der Waals surface area contributed by atoms with Crippen LogP contribution in [0.4, 0.5) is 0 Å². The zero-order valence-electron chi connectivity index (χ0n) is 10.3. The van der Waals surface area contributed by atoms with Crippen molar-refractivity contribution in [3.8, 4) is 0 Å². The number of piperazine rings is 1. The van der Waals surface area contributed by atoms with E-state index in [1.807, 2.05) is 0 Å². The summed E-state index contributed by atoms with van der Waals surface area (Å²) >= 11 is 0. The Morgan fingerprint density at radius 2 is 1.94 bits per heavy atom. The van der Waals surface area contributed by atoms with E-state index < -0.39 is 10.0 Å². The van der Waals surface area contributed by atoms with E-state index in [1.54, 1.807) is 4.90 Å². The Balaban J connectivity index is 2.34. The molecule has 0 unspecified atom stereocenters. The fourth-order valence-electron chi connectivity index (χ4n) is 1.77. The van der Waals surface area contributed by atoms with Crippen molar-refractivity contribution in [1.29, 1.82) is 0 Å². The van der Waals surface area contributed by atoms with Crippen LogP contribution in [0.1, 0.15) is 12.8 Å². The number of amides is 1. The van der Waals surface area contributed by atoms with Crippen LogP contribution in [0.15, 0.2) is 5.11 Å². The van der Waals surface area contributed by atoms with Crippen LogP contribution in [-0.4, -0.2) is 62.5 Å². The maximum Gasteiger partial charge on any atom is 0.222 e. The second kappa shape index (κ2) is 6.58. The maximum absolute atomic E-state index is 11.7. The molecule has 0 saturated carbocycles. The van der Waals surface area contributed by atoms with E-state index in [4.69, 9.17) is 5.53 Å². The van der Waals surface area contributed by atoms with Gasteiger partial charge in [-0.3, -0.25) is 4.79 Å². The molecule has 0 radical (unpaired) electrons. The number of hydrogen-bond acceptors (Lipinski definition) is 4. The SMILES string of the molecule is CS(=O)(=O)N1CCN(C(=O)CCCN=[N+]=[N-])CC1. The van der Waals surface area contributed by atoms with Gasteiger partial charge in [0.15, 0.2) is 0 Å². The third-order valence-electron chi connectivity index (χ3n) is 2.77. The van der Waals surface area contributed by atoms with Gasteiger partial charge in [0.2, 0.25) is 15.9 Å². The maximum atomic E-state index is 11.7. The number of nitrogens with zero attached hydrogens (tertiary/aromatic N) is 5. The quantitative estimate of drug-likeness (QED) is 0.309. The largest absolute Gasteiger partial charge is 0.340 e. The molecule has 0 aromatic rings. The van der Waals surface area contributed by atoms with Gasteiger partial charge in [-0.2, -0.15) is 4.31 Å². The Bertz CT molecular complexity index is 435. The lowest BCUT2D eigenvalue weighted by Gasteiger charge is -2.33. The van der Waals surface area contributed by atoms with Gasteiger partial charge < -0.3 is 4.90 Å². The topological polar surface area (TPSA) is 106 Å². The van der Waals surface area contributed by atoms with Crippen LogP contribution in [0.25, 0.3) is 10.4 Å². The molecule has 1 rings (SSSR count). The number of carbonyl (C=O) groups is 1. The second-order valence-electron chi connectivity index (χ2n) is 4.10. The summed E-state index contributed by atoms with van der Waals surface area (Å²) in [6.45, 7) is 1.86. The normalized spacial score (nSPS) is 17.3. The fourth-order valence-corrected chi connectivity index (χ4v) is 2.60. The highest BCUT2D eigenvalue weighted by Gasteiger charge is 2.25. The van der Waals surface area contributed by atoms with E-state index in [-0.39, 0.29) is 5.91 Å². The van der Waals surface area contributed by atoms with Gasteiger partial charge in [0.25, 0.3) is 0 Å². The van der Waals surface area contributed by atoms with Gasteiger partial charge in [0.05, 0.1) is 6.26 Å². The van der Waals surface area contributed by atoms with Gasteiger partial charge in [-0.25, -0.2) is 8.42 Å². The van der Waals surface area contributed by atoms with E-state index in [0.29, 0.717) is 45.6 Å². The molecule has 18 heavy (non-hydrogen) atoms. The molecule has 0 aliphatic carbocycles. The van der Waals surface area contributed by atoms with Gasteiger partial charge >= 0.3 is 0 Å². The van der Waals surface area contributed by atoms with Crippen LogP contribution in [0.2, 0.25) is 0 Å². The molecule has 0 atom stereocenters. The number of rotatable bonds is 5. The van der Waals surface area contributed by atoms with Gasteiger partial charge in [0, 0.05) is 44.1 Å². The smallest absolute Gasteiger partial charge is 0.222 e. The average Bonchev–Trinajstić information content (AvgIpc) is 2.33. The Kier molecular flexibility index (Phi) is 5.39. The Morgan fingerprint density at radius 1 is 1.33 bits per heavy atom. The summed E-state index contributed by atoms with van der Waals surface area (Å²) in [5.74, 6) is -0.0173. The highest BCUT2D eigenvalue weighted by atomic mass is 32.2. The van der Waals surface area contributed by atoms with Crippen LogP contribution in [-0.2, 0) is 14.8 Å². The minimum Gasteiger partial charge on any atom is -0.340 e. The molecule has 1 heterocycles. The molecule has 1 aliphatic rings. The molecule has 102 valence electrons. The third kappa shape index (κ3) is 4.52. The van der Waals surface area contributed by atoms with Crippen molar-refractivity contribution in [2.45, 2.75) is 12.8 Å². The molecule has 1 aliphatic heterocycles. The molecule has 1 fully saturated rings. The zero-order chi connectivity index (χ0) is 13.6. The molecule has 0 N–H and O–H groups in total. The van der Waals surface area contributed by atoms with Crippen molar-refractivity contribution >= 4 is 15.9 Å². The number of sulfonamides is 1. The Hall–Kier alpha value is -1.31. The molecular formula is C9H17N5O3S. The van der Waals surface area contributed by atoms with Gasteiger partial charge in [-0.05, 0) is 12.0 Å². The zero-order valence-corrected chi connectivity index (χ0v) is 11.1. The third-order valence-corrected chi connectivity index (χ3v) is 4.08. The summed E-state index contributed by atoms with van der Waals surface area (Å²) in [5.41, 5.74) is 8.09. The summed E-state index contributed by atoms with van der Waals surface area (Å²) in [6.07, 6.45) is 2.03. The first-order valence-corrected chi connectivity index (χ1v) is 7.53. The highest BCUT2D eigenvalue weighted by molar-refractivity contribution is 7.88. The van der Waals surface area contributed by atoms with Crippen LogP contribution >= 0.6 is 0 Å². The first kappa shape index (κ1) is 14.7. The molecule has 0 spiro atoms. The van der Waals surface area contributed by atoms with Crippen LogP contribution in [0.3, 0.4) is 0 Å². The second-order valence-corrected chi connectivity index (χ2v) is 6.08. The minimum atomic E-state index is -3.16. The van der Waals surface area contributed by atoms with Crippen LogP contribution in [0, 0.1) is 0 Å². The Morgan fingerprint density at radius 3 is 2.44 bits per heavy atom. The number of azide groups is 1. The van der Waals surface area contributed by atoms with Gasteiger partial charge in [-0.15, -0.1) is 0 Å². The van der Waals surface area contributed by atoms with Crippen molar-refractivity contribution in [3.63, 3.8) is 0 Å². The van der Waals surface area contributed by atoms with E-state index in [2.05, 4.69) is 10.0 Å². The predicted molar refractivity (Wildman–Crippen MR) is 66.2 cm³/mol. The summed E-state index contributed by atoms with van der Waals surface area (Å²) in [6, 6.07) is 0. The number of hydrogen-bond donors (Lipinski definition) is 0. The van der Waals surface area contributed by atoms with E-state index in [9.17, 15) is 13.2 Å². The minimum absolute atomic E-state index is 0.0173. The van der Waals surface area contributed by atoms with E-state index in [0.717, 1.165) is 0 Å². The average molecular weight is 275 g/mol. The van der Waals surface area contributed by atoms with Crippen molar-refractivity contribution < 1.29 is 13.2 Å². The van der Waals surface area contributed by atoms with Crippen LogP contribution < -0.4 is 0 Å². The molecular weight excluding hydrogens is 258 g/mol. The fraction of sp³-hybridized carbons (Fsp3) is 0.889. The molecule has 1 amide bonds. The van der Waals surface area contributed by atoms with Gasteiger partial charge in [-0.1, -0.05) is 5.11 Å². The molecule has 1 saturated heterocycles. The molecule has 8 nitrogen and oxygen atoms in total. The van der Waals surface area contributed by atoms with Crippen molar-refractivity contribution in [3.05, 3.63) is 10.4 Å². The van der Waals surface area contributed by atoms with Crippen molar-refractivity contribution in [2.75, 3.05) is 39.0 Å². The highest BCUT2D eigenvalue weighted by Crippen LogP contribution is 2.08. The monoisotopic (exact) mass is 275 g/mol. The molecule has 0 aromatic carbocycles.